The Balaban J connectivity index is 0.000000285. The topological polar surface area (TPSA) is 30.2 Å². The van der Waals surface area contributed by atoms with E-state index in [1.165, 1.54) is 0 Å². The van der Waals surface area contributed by atoms with Crippen LogP contribution in [0.25, 0.3) is 33.1 Å². The molecule has 0 bridgehead atoms. The van der Waals surface area contributed by atoms with Crippen molar-refractivity contribution in [3.05, 3.63) is 107 Å². The molecule has 0 aliphatic carbocycles. The van der Waals surface area contributed by atoms with Crippen LogP contribution in [0.4, 0.5) is 0 Å². The largest absolute Gasteiger partial charge is 0.748 e. The van der Waals surface area contributed by atoms with Gasteiger partial charge < -0.3 is 39.5 Å². The fourth-order valence-electron chi connectivity index (χ4n) is 2.88. The van der Waals surface area contributed by atoms with Crippen LogP contribution in [0.15, 0.2) is 106 Å². The zero-order valence-electron chi connectivity index (χ0n) is 13.9. The Morgan fingerprint density at radius 2 is 1.42 bits per heavy atom. The summed E-state index contributed by atoms with van der Waals surface area (Å²) in [6.45, 7) is 0. The second-order valence-corrected chi connectivity index (χ2v) is 5.77. The SMILES string of the molecule is O=c1cc(-[c-]2cccc2)oc2c1ccc1ccccc12.[Fe].[cH-]1[cH-][cH-][cH-][cH-]1. The average Bonchev–Trinajstić information content (AvgIpc) is 3.37. The first-order chi connectivity index (χ1) is 12.3. The van der Waals surface area contributed by atoms with Gasteiger partial charge in [-0.05, 0) is 17.5 Å². The minimum absolute atomic E-state index is 0. The molecule has 0 atom stereocenters. The van der Waals surface area contributed by atoms with Gasteiger partial charge in [0, 0.05) is 22.5 Å². The number of rotatable bonds is 1. The Kier molecular flexibility index (Phi) is 5.52. The van der Waals surface area contributed by atoms with Crippen LogP contribution in [-0.4, -0.2) is 0 Å². The van der Waals surface area contributed by atoms with Crippen LogP contribution in [-0.2, 0) is 17.1 Å². The van der Waals surface area contributed by atoms with Crippen molar-refractivity contribution >= 4 is 21.7 Å². The predicted octanol–water partition coefficient (Wildman–Crippen LogP) is 5.74. The predicted molar refractivity (Wildman–Crippen MR) is 103 cm³/mol. The molecule has 0 amide bonds. The van der Waals surface area contributed by atoms with Crippen molar-refractivity contribution in [1.29, 1.82) is 0 Å². The third-order valence-electron chi connectivity index (χ3n) is 4.12. The Labute approximate surface area is 161 Å². The maximum atomic E-state index is 12.3. The van der Waals surface area contributed by atoms with Crippen LogP contribution in [0.1, 0.15) is 0 Å². The molecule has 0 aliphatic rings. The van der Waals surface area contributed by atoms with E-state index in [0.29, 0.717) is 16.7 Å². The molecule has 4 aromatic carbocycles. The zero-order valence-corrected chi connectivity index (χ0v) is 15.0. The summed E-state index contributed by atoms with van der Waals surface area (Å²) in [6, 6.07) is 31.0. The molecule has 26 heavy (non-hydrogen) atoms. The van der Waals surface area contributed by atoms with Crippen molar-refractivity contribution in [2.75, 3.05) is 0 Å². The fraction of sp³-hybridized carbons (Fsp3) is 0. The minimum Gasteiger partial charge on any atom is -0.748 e. The second kappa shape index (κ2) is 8.01. The molecule has 5 rings (SSSR count). The van der Waals surface area contributed by atoms with E-state index in [1.807, 2.05) is 91.0 Å². The van der Waals surface area contributed by atoms with E-state index in [-0.39, 0.29) is 22.5 Å². The molecule has 2 nitrogen and oxygen atoms in total. The number of hydrogen-bond donors (Lipinski definition) is 0. The summed E-state index contributed by atoms with van der Waals surface area (Å²) in [4.78, 5) is 12.3. The summed E-state index contributed by atoms with van der Waals surface area (Å²) in [6.07, 6.45) is 0. The Morgan fingerprint density at radius 3 is 2.12 bits per heavy atom. The molecule has 0 N–H and O–H groups in total. The van der Waals surface area contributed by atoms with Crippen molar-refractivity contribution in [3.8, 4) is 11.3 Å². The van der Waals surface area contributed by atoms with E-state index < -0.39 is 0 Å². The van der Waals surface area contributed by atoms with Crippen molar-refractivity contribution in [3.63, 3.8) is 0 Å². The normalized spacial score (nSPS) is 10.2. The molecule has 5 aromatic rings. The summed E-state index contributed by atoms with van der Waals surface area (Å²) in [5.74, 6) is 0.615. The van der Waals surface area contributed by atoms with E-state index in [4.69, 9.17) is 4.42 Å². The summed E-state index contributed by atoms with van der Waals surface area (Å²) in [5.41, 5.74) is 1.58. The minimum atomic E-state index is -0.00629. The first-order valence-corrected chi connectivity index (χ1v) is 8.17. The fourth-order valence-corrected chi connectivity index (χ4v) is 2.88. The Morgan fingerprint density at radius 1 is 0.769 bits per heavy atom. The van der Waals surface area contributed by atoms with Crippen LogP contribution >= 0.6 is 0 Å². The van der Waals surface area contributed by atoms with Gasteiger partial charge >= 0.3 is 0 Å². The molecule has 0 saturated heterocycles. The van der Waals surface area contributed by atoms with Gasteiger partial charge in [-0.2, -0.15) is 12.1 Å². The van der Waals surface area contributed by atoms with E-state index in [9.17, 15) is 4.79 Å². The molecule has 0 aliphatic heterocycles. The van der Waals surface area contributed by atoms with E-state index >= 15 is 0 Å². The summed E-state index contributed by atoms with van der Waals surface area (Å²) >= 11 is 0. The summed E-state index contributed by atoms with van der Waals surface area (Å²) < 4.78 is 6.00. The average molecular weight is 380 g/mol. The van der Waals surface area contributed by atoms with Gasteiger partial charge in [0.15, 0.2) is 5.43 Å². The molecule has 0 radical (unpaired) electrons. The van der Waals surface area contributed by atoms with Gasteiger partial charge in [-0.25, -0.2) is 0 Å². The van der Waals surface area contributed by atoms with Crippen molar-refractivity contribution in [2.24, 2.45) is 0 Å². The molecule has 1 aromatic heterocycles. The smallest absolute Gasteiger partial charge is 0.153 e. The van der Waals surface area contributed by atoms with Crippen molar-refractivity contribution in [1.82, 2.24) is 0 Å². The summed E-state index contributed by atoms with van der Waals surface area (Å²) in [5, 5.41) is 2.66. The molecule has 134 valence electrons. The van der Waals surface area contributed by atoms with Gasteiger partial charge in [0.05, 0.1) is 11.1 Å². The molecule has 0 unspecified atom stereocenters. The van der Waals surface area contributed by atoms with Gasteiger partial charge in [0.1, 0.15) is 5.58 Å². The third-order valence-corrected chi connectivity index (χ3v) is 4.12. The first kappa shape index (κ1) is 17.9. The third kappa shape index (κ3) is 3.55. The molecular weight excluding hydrogens is 364 g/mol. The number of hydrogen-bond acceptors (Lipinski definition) is 2. The quantitative estimate of drug-likeness (QED) is 0.211. The van der Waals surface area contributed by atoms with Crippen LogP contribution in [0.5, 0.6) is 0 Å². The van der Waals surface area contributed by atoms with Crippen molar-refractivity contribution < 1.29 is 21.5 Å². The van der Waals surface area contributed by atoms with Crippen LogP contribution in [0, 0.1) is 0 Å². The molecule has 3 heteroatoms. The standard InChI is InChI=1S/C18H11O2.C5H5.Fe/c19-16-11-17(13-6-1-2-7-13)20-18-14-8-4-3-5-12(14)9-10-15(16)18;1-2-4-5-3-1;/h1-11H;1-5H;/q-1;-5;. The Hall–Kier alpha value is -2.87. The Bertz CT molecular complexity index is 1130. The maximum Gasteiger partial charge on any atom is 0.153 e. The molecular formula is C23H16FeO2-6. The van der Waals surface area contributed by atoms with Gasteiger partial charge in [-0.1, -0.05) is 35.9 Å². The van der Waals surface area contributed by atoms with E-state index in [1.54, 1.807) is 6.07 Å². The molecule has 1 heterocycles. The second-order valence-electron chi connectivity index (χ2n) is 5.77. The zero-order chi connectivity index (χ0) is 17.1. The van der Waals surface area contributed by atoms with Crippen molar-refractivity contribution in [2.45, 2.75) is 0 Å². The monoisotopic (exact) mass is 380 g/mol. The van der Waals surface area contributed by atoms with Crippen LogP contribution in [0.2, 0.25) is 0 Å². The maximum absolute atomic E-state index is 12.3. The van der Waals surface area contributed by atoms with Gasteiger partial charge in [0.25, 0.3) is 0 Å². The first-order valence-electron chi connectivity index (χ1n) is 8.17. The molecule has 0 spiro atoms. The van der Waals surface area contributed by atoms with Crippen LogP contribution in [0.3, 0.4) is 0 Å². The number of fused-ring (bicyclic) bond motifs is 3. The molecule has 0 saturated carbocycles. The van der Waals surface area contributed by atoms with Gasteiger partial charge in [0.2, 0.25) is 0 Å². The van der Waals surface area contributed by atoms with E-state index in [0.717, 1.165) is 16.3 Å². The summed E-state index contributed by atoms with van der Waals surface area (Å²) in [7, 11) is 0. The van der Waals surface area contributed by atoms with E-state index in [2.05, 4.69) is 0 Å². The number of benzene rings is 2. The van der Waals surface area contributed by atoms with Crippen LogP contribution < -0.4 is 5.43 Å². The van der Waals surface area contributed by atoms with Gasteiger partial charge in [-0.15, -0.1) is 12.1 Å². The van der Waals surface area contributed by atoms with Gasteiger partial charge in [-0.3, -0.25) is 0 Å². The molecule has 0 fully saturated rings.